The van der Waals surface area contributed by atoms with Crippen molar-refractivity contribution in [3.63, 3.8) is 0 Å². The van der Waals surface area contributed by atoms with E-state index in [4.69, 9.17) is 0 Å². The van der Waals surface area contributed by atoms with Crippen LogP contribution in [0.4, 0.5) is 5.69 Å². The van der Waals surface area contributed by atoms with Gasteiger partial charge in [0.2, 0.25) is 11.8 Å². The molecule has 18 heavy (non-hydrogen) atoms. The third-order valence-corrected chi connectivity index (χ3v) is 2.40. The van der Waals surface area contributed by atoms with E-state index in [1.807, 2.05) is 24.3 Å². The molecular weight excluding hydrogens is 230 g/mol. The number of carbonyl (C=O) groups excluding carboxylic acids is 2. The van der Waals surface area contributed by atoms with E-state index in [-0.39, 0.29) is 24.9 Å². The maximum Gasteiger partial charge on any atom is 0.243 e. The Balaban J connectivity index is 2.42. The summed E-state index contributed by atoms with van der Waals surface area (Å²) in [7, 11) is 1.68. The molecule has 1 rings (SSSR count). The molecule has 2 amide bonds. The van der Waals surface area contributed by atoms with E-state index in [2.05, 4.69) is 22.9 Å². The Morgan fingerprint density at radius 3 is 2.61 bits per heavy atom. The molecule has 1 aromatic carbocycles. The highest BCUT2D eigenvalue weighted by Gasteiger charge is 2.05. The number of likely N-dealkylation sites (N-methyl/N-ethyl adjacent to an activating group) is 1. The van der Waals surface area contributed by atoms with Crippen molar-refractivity contribution >= 4 is 17.5 Å². The van der Waals surface area contributed by atoms with Crippen molar-refractivity contribution in [2.24, 2.45) is 0 Å². The van der Waals surface area contributed by atoms with Crippen molar-refractivity contribution in [2.45, 2.75) is 13.3 Å². The largest absolute Gasteiger partial charge is 0.346 e. The first kappa shape index (κ1) is 14.2. The number of rotatable bonds is 6. The van der Waals surface area contributed by atoms with Crippen molar-refractivity contribution in [1.29, 1.82) is 0 Å². The van der Waals surface area contributed by atoms with Gasteiger partial charge in [0.05, 0.1) is 13.1 Å². The van der Waals surface area contributed by atoms with E-state index in [1.54, 1.807) is 7.05 Å². The average Bonchev–Trinajstić information content (AvgIpc) is 2.37. The Labute approximate surface area is 107 Å². The first-order valence-corrected chi connectivity index (χ1v) is 5.95. The number of hydrogen-bond acceptors (Lipinski definition) is 3. The summed E-state index contributed by atoms with van der Waals surface area (Å²) in [6.07, 6.45) is 0.919. The lowest BCUT2D eigenvalue weighted by atomic mass is 10.1. The van der Waals surface area contributed by atoms with Crippen LogP contribution in [0, 0.1) is 0 Å². The normalized spacial score (nSPS) is 9.89. The van der Waals surface area contributed by atoms with Crippen molar-refractivity contribution in [2.75, 3.05) is 25.5 Å². The molecule has 0 aliphatic rings. The number of carbonyl (C=O) groups is 2. The molecule has 0 fully saturated rings. The van der Waals surface area contributed by atoms with E-state index < -0.39 is 0 Å². The minimum atomic E-state index is -0.229. The molecule has 0 radical (unpaired) electrons. The highest BCUT2D eigenvalue weighted by Crippen LogP contribution is 2.10. The van der Waals surface area contributed by atoms with Crippen molar-refractivity contribution in [3.05, 3.63) is 29.8 Å². The summed E-state index contributed by atoms with van der Waals surface area (Å²) in [4.78, 5) is 22.7. The van der Waals surface area contributed by atoms with Gasteiger partial charge in [-0.25, -0.2) is 0 Å². The third-order valence-electron chi connectivity index (χ3n) is 2.40. The third kappa shape index (κ3) is 4.97. The highest BCUT2D eigenvalue weighted by molar-refractivity contribution is 5.94. The van der Waals surface area contributed by atoms with Crippen LogP contribution in [0.2, 0.25) is 0 Å². The molecule has 98 valence electrons. The van der Waals surface area contributed by atoms with E-state index in [0.29, 0.717) is 0 Å². The summed E-state index contributed by atoms with van der Waals surface area (Å²) < 4.78 is 0. The van der Waals surface area contributed by atoms with Crippen molar-refractivity contribution in [1.82, 2.24) is 10.6 Å². The molecule has 0 unspecified atom stereocenters. The van der Waals surface area contributed by atoms with E-state index in [9.17, 15) is 9.59 Å². The topological polar surface area (TPSA) is 70.2 Å². The zero-order chi connectivity index (χ0) is 13.4. The van der Waals surface area contributed by atoms with Crippen molar-refractivity contribution in [3.8, 4) is 0 Å². The second kappa shape index (κ2) is 7.45. The number of amides is 2. The van der Waals surface area contributed by atoms with Gasteiger partial charge in [-0.15, -0.1) is 0 Å². The quantitative estimate of drug-likeness (QED) is 0.688. The molecule has 0 aromatic heterocycles. The number of benzene rings is 1. The Kier molecular flexibility index (Phi) is 5.87. The molecule has 5 nitrogen and oxygen atoms in total. The smallest absolute Gasteiger partial charge is 0.243 e. The molecule has 0 saturated carbocycles. The summed E-state index contributed by atoms with van der Waals surface area (Å²) in [5, 5.41) is 7.97. The summed E-state index contributed by atoms with van der Waals surface area (Å²) >= 11 is 0. The summed E-state index contributed by atoms with van der Waals surface area (Å²) in [6, 6.07) is 7.65. The molecule has 3 N–H and O–H groups in total. The Morgan fingerprint density at radius 2 is 1.94 bits per heavy atom. The summed E-state index contributed by atoms with van der Waals surface area (Å²) in [5.74, 6) is -0.428. The van der Waals surface area contributed by atoms with Crippen LogP contribution in [0.3, 0.4) is 0 Å². The van der Waals surface area contributed by atoms with Crippen LogP contribution in [-0.4, -0.2) is 32.0 Å². The second-order valence-electron chi connectivity index (χ2n) is 3.91. The van der Waals surface area contributed by atoms with Crippen LogP contribution in [-0.2, 0) is 16.0 Å². The minimum Gasteiger partial charge on any atom is -0.346 e. The van der Waals surface area contributed by atoms with E-state index >= 15 is 0 Å². The fraction of sp³-hybridized carbons (Fsp3) is 0.385. The summed E-state index contributed by atoms with van der Waals surface area (Å²) in [5.41, 5.74) is 1.91. The fourth-order valence-corrected chi connectivity index (χ4v) is 1.48. The molecule has 0 atom stereocenters. The average molecular weight is 249 g/mol. The fourth-order valence-electron chi connectivity index (χ4n) is 1.48. The second-order valence-corrected chi connectivity index (χ2v) is 3.91. The lowest BCUT2D eigenvalue weighted by molar-refractivity contribution is -0.123. The maximum atomic E-state index is 11.6. The van der Waals surface area contributed by atoms with Crippen LogP contribution in [0.1, 0.15) is 12.5 Å². The predicted octanol–water partition coefficient (Wildman–Crippen LogP) is 0.523. The molecule has 0 spiro atoms. The van der Waals surface area contributed by atoms with Crippen molar-refractivity contribution < 1.29 is 9.59 Å². The lowest BCUT2D eigenvalue weighted by Crippen LogP contribution is -2.37. The van der Waals surface area contributed by atoms with Crippen LogP contribution in [0.15, 0.2) is 24.3 Å². The van der Waals surface area contributed by atoms with E-state index in [1.165, 1.54) is 0 Å². The zero-order valence-electron chi connectivity index (χ0n) is 10.7. The SMILES string of the molecule is CCc1cccc(NC(=O)CNC(=O)CNC)c1. The van der Waals surface area contributed by atoms with Crippen LogP contribution in [0.25, 0.3) is 0 Å². The molecule has 5 heteroatoms. The minimum absolute atomic E-state index is 0.0170. The molecule has 0 bridgehead atoms. The summed E-state index contributed by atoms with van der Waals surface area (Å²) in [6.45, 7) is 2.24. The zero-order valence-corrected chi connectivity index (χ0v) is 10.7. The van der Waals surface area contributed by atoms with E-state index in [0.717, 1.165) is 17.7 Å². The highest BCUT2D eigenvalue weighted by atomic mass is 16.2. The van der Waals surface area contributed by atoms with Gasteiger partial charge in [0.15, 0.2) is 0 Å². The van der Waals surface area contributed by atoms with Gasteiger partial charge in [-0.2, -0.15) is 0 Å². The molecular formula is C13H19N3O2. The van der Waals surface area contributed by atoms with Gasteiger partial charge in [-0.3, -0.25) is 9.59 Å². The first-order valence-electron chi connectivity index (χ1n) is 5.95. The van der Waals surface area contributed by atoms with Gasteiger partial charge in [0.1, 0.15) is 0 Å². The number of anilines is 1. The Hall–Kier alpha value is -1.88. The number of nitrogens with one attached hydrogen (secondary N) is 3. The van der Waals surface area contributed by atoms with Gasteiger partial charge in [-0.1, -0.05) is 19.1 Å². The molecule has 1 aromatic rings. The molecule has 0 heterocycles. The van der Waals surface area contributed by atoms with Gasteiger partial charge in [-0.05, 0) is 31.2 Å². The standard InChI is InChI=1S/C13H19N3O2/c1-3-10-5-4-6-11(7-10)16-13(18)9-15-12(17)8-14-2/h4-7,14H,3,8-9H2,1-2H3,(H,15,17)(H,16,18). The number of hydrogen-bond donors (Lipinski definition) is 3. The van der Waals surface area contributed by atoms with Gasteiger partial charge >= 0.3 is 0 Å². The lowest BCUT2D eigenvalue weighted by Gasteiger charge is -2.07. The molecule has 0 aliphatic carbocycles. The van der Waals surface area contributed by atoms with Crippen LogP contribution in [0.5, 0.6) is 0 Å². The Morgan fingerprint density at radius 1 is 1.17 bits per heavy atom. The van der Waals surface area contributed by atoms with Gasteiger partial charge < -0.3 is 16.0 Å². The predicted molar refractivity (Wildman–Crippen MR) is 71.4 cm³/mol. The van der Waals surface area contributed by atoms with Gasteiger partial charge in [0.25, 0.3) is 0 Å². The van der Waals surface area contributed by atoms with Crippen LogP contribution >= 0.6 is 0 Å². The first-order chi connectivity index (χ1) is 8.65. The molecule has 0 saturated heterocycles. The Bertz CT molecular complexity index is 418. The van der Waals surface area contributed by atoms with Crippen LogP contribution < -0.4 is 16.0 Å². The monoisotopic (exact) mass is 249 g/mol. The number of aryl methyl sites for hydroxylation is 1. The molecule has 0 aliphatic heterocycles. The maximum absolute atomic E-state index is 11.6. The van der Waals surface area contributed by atoms with Gasteiger partial charge in [0, 0.05) is 5.69 Å².